The van der Waals surface area contributed by atoms with Crippen LogP contribution in [0.5, 0.6) is 0 Å². The molecule has 0 aromatic carbocycles. The summed E-state index contributed by atoms with van der Waals surface area (Å²) in [6, 6.07) is 4.08. The molecule has 2 aromatic heterocycles. The molecule has 3 heterocycles. The van der Waals surface area contributed by atoms with Gasteiger partial charge < -0.3 is 19.8 Å². The average Bonchev–Trinajstić information content (AvgIpc) is 3.36. The maximum Gasteiger partial charge on any atom is 0.216 e. The largest absolute Gasteiger partial charge is 0.461 e. The van der Waals surface area contributed by atoms with Gasteiger partial charge in [0.05, 0.1) is 26.0 Å². The molecule has 0 radical (unpaired) electrons. The van der Waals surface area contributed by atoms with Crippen LogP contribution in [0.15, 0.2) is 27.8 Å². The molecular formula is C18H29N7O2. The van der Waals surface area contributed by atoms with Gasteiger partial charge >= 0.3 is 0 Å². The van der Waals surface area contributed by atoms with Gasteiger partial charge in [-0.15, -0.1) is 5.10 Å². The van der Waals surface area contributed by atoms with Gasteiger partial charge in [-0.05, 0) is 18.1 Å². The Morgan fingerprint density at radius 3 is 2.81 bits per heavy atom. The molecule has 3 N–H and O–H groups in total. The minimum absolute atomic E-state index is 0.434. The molecule has 27 heavy (non-hydrogen) atoms. The normalized spacial score (nSPS) is 17.3. The highest BCUT2D eigenvalue weighted by atomic mass is 16.5. The number of nitrogens with zero attached hydrogens (tertiary/aromatic N) is 4. The monoisotopic (exact) mass is 375 g/mol. The number of morpholine rings is 1. The molecule has 148 valence electrons. The molecule has 0 spiro atoms. The predicted octanol–water partition coefficient (Wildman–Crippen LogP) is 1.09. The van der Waals surface area contributed by atoms with E-state index in [-0.39, 0.29) is 0 Å². The summed E-state index contributed by atoms with van der Waals surface area (Å²) < 4.78 is 10.8. The molecule has 1 atom stereocenters. The molecule has 0 saturated carbocycles. The quantitative estimate of drug-likeness (QED) is 0.491. The number of aromatic nitrogens is 3. The summed E-state index contributed by atoms with van der Waals surface area (Å²) in [5.74, 6) is 3.19. The third-order valence-corrected chi connectivity index (χ3v) is 4.68. The van der Waals surface area contributed by atoms with Crippen LogP contribution in [-0.2, 0) is 11.3 Å². The molecule has 1 aliphatic rings. The van der Waals surface area contributed by atoms with E-state index in [1.165, 1.54) is 0 Å². The average molecular weight is 375 g/mol. The Bertz CT molecular complexity index is 705. The maximum absolute atomic E-state index is 5.47. The van der Waals surface area contributed by atoms with Crippen LogP contribution in [0.1, 0.15) is 19.7 Å². The summed E-state index contributed by atoms with van der Waals surface area (Å²) in [5.41, 5.74) is 0. The van der Waals surface area contributed by atoms with Gasteiger partial charge in [-0.25, -0.2) is 4.98 Å². The smallest absolute Gasteiger partial charge is 0.216 e. The zero-order valence-electron chi connectivity index (χ0n) is 16.2. The van der Waals surface area contributed by atoms with E-state index in [9.17, 15) is 0 Å². The molecule has 0 bridgehead atoms. The number of hydrogen-bond donors (Lipinski definition) is 3. The van der Waals surface area contributed by atoms with Gasteiger partial charge in [0, 0.05) is 32.7 Å². The van der Waals surface area contributed by atoms with Crippen molar-refractivity contribution in [3.63, 3.8) is 0 Å². The Morgan fingerprint density at radius 1 is 1.33 bits per heavy atom. The first kappa shape index (κ1) is 19.4. The lowest BCUT2D eigenvalue weighted by Gasteiger charge is -2.37. The minimum atomic E-state index is 0.434. The van der Waals surface area contributed by atoms with E-state index in [2.05, 4.69) is 49.6 Å². The number of H-pyrrole nitrogens is 1. The van der Waals surface area contributed by atoms with E-state index in [4.69, 9.17) is 9.15 Å². The fraction of sp³-hybridized carbons (Fsp3) is 0.611. The second-order valence-corrected chi connectivity index (χ2v) is 6.85. The van der Waals surface area contributed by atoms with E-state index in [0.717, 1.165) is 44.6 Å². The van der Waals surface area contributed by atoms with Crippen molar-refractivity contribution in [3.05, 3.63) is 24.2 Å². The highest BCUT2D eigenvalue weighted by Gasteiger charge is 2.23. The lowest BCUT2D eigenvalue weighted by Crippen LogP contribution is -2.52. The van der Waals surface area contributed by atoms with Gasteiger partial charge in [0.15, 0.2) is 11.7 Å². The predicted molar refractivity (Wildman–Crippen MR) is 103 cm³/mol. The molecule has 1 unspecified atom stereocenters. The molecular weight excluding hydrogens is 346 g/mol. The van der Waals surface area contributed by atoms with Crippen LogP contribution in [0.3, 0.4) is 0 Å². The van der Waals surface area contributed by atoms with Crippen molar-refractivity contribution in [3.8, 4) is 11.6 Å². The van der Waals surface area contributed by atoms with Crippen LogP contribution < -0.4 is 10.6 Å². The van der Waals surface area contributed by atoms with E-state index >= 15 is 0 Å². The zero-order valence-corrected chi connectivity index (χ0v) is 16.2. The third-order valence-electron chi connectivity index (χ3n) is 4.68. The van der Waals surface area contributed by atoms with Crippen molar-refractivity contribution in [2.75, 3.05) is 39.9 Å². The van der Waals surface area contributed by atoms with Crippen LogP contribution in [-0.4, -0.2) is 72.0 Å². The fourth-order valence-electron chi connectivity index (χ4n) is 3.18. The first-order chi connectivity index (χ1) is 13.2. The summed E-state index contributed by atoms with van der Waals surface area (Å²) in [5, 5.41) is 13.8. The van der Waals surface area contributed by atoms with E-state index in [0.29, 0.717) is 30.1 Å². The van der Waals surface area contributed by atoms with Gasteiger partial charge in [-0.2, -0.15) is 0 Å². The number of aromatic amines is 1. The Labute approximate surface area is 159 Å². The third kappa shape index (κ3) is 5.30. The molecule has 0 amide bonds. The van der Waals surface area contributed by atoms with E-state index in [1.54, 1.807) is 13.3 Å². The minimum Gasteiger partial charge on any atom is -0.461 e. The molecule has 0 aliphatic carbocycles. The zero-order chi connectivity index (χ0) is 19.1. The number of furan rings is 1. The Balaban J connectivity index is 1.50. The van der Waals surface area contributed by atoms with Crippen molar-refractivity contribution in [2.45, 2.75) is 26.4 Å². The second-order valence-electron chi connectivity index (χ2n) is 6.85. The maximum atomic E-state index is 5.47. The Morgan fingerprint density at radius 2 is 2.15 bits per heavy atom. The lowest BCUT2D eigenvalue weighted by atomic mass is 10.0. The number of hydrogen-bond acceptors (Lipinski definition) is 6. The summed E-state index contributed by atoms with van der Waals surface area (Å²) >= 11 is 0. The number of rotatable bonds is 7. The number of guanidine groups is 1. The van der Waals surface area contributed by atoms with Crippen molar-refractivity contribution < 1.29 is 9.15 Å². The summed E-state index contributed by atoms with van der Waals surface area (Å²) in [6.07, 6.45) is 1.61. The van der Waals surface area contributed by atoms with E-state index in [1.807, 2.05) is 12.1 Å². The second kappa shape index (κ2) is 9.52. The van der Waals surface area contributed by atoms with Gasteiger partial charge in [-0.3, -0.25) is 15.0 Å². The van der Waals surface area contributed by atoms with E-state index < -0.39 is 0 Å². The molecule has 9 nitrogen and oxygen atoms in total. The van der Waals surface area contributed by atoms with Gasteiger partial charge in [0.25, 0.3) is 0 Å². The van der Waals surface area contributed by atoms with Crippen LogP contribution in [0.25, 0.3) is 11.6 Å². The topological polar surface area (TPSA) is 104 Å². The van der Waals surface area contributed by atoms with Gasteiger partial charge in [0.2, 0.25) is 5.82 Å². The highest BCUT2D eigenvalue weighted by Crippen LogP contribution is 2.14. The number of nitrogens with one attached hydrogen (secondary N) is 3. The van der Waals surface area contributed by atoms with Crippen LogP contribution in [0, 0.1) is 5.92 Å². The van der Waals surface area contributed by atoms with Crippen molar-refractivity contribution in [1.82, 2.24) is 30.7 Å². The molecule has 1 aliphatic heterocycles. The van der Waals surface area contributed by atoms with Gasteiger partial charge in [-0.1, -0.05) is 13.8 Å². The lowest BCUT2D eigenvalue weighted by molar-refractivity contribution is 0.00752. The molecule has 1 saturated heterocycles. The standard InChI is InChI=1S/C18H29N7O2/c1-13(2)14(25-6-9-26-10-7-25)11-20-18(19-3)21-12-16-22-17(24-23-16)15-5-4-8-27-15/h4-5,8,13-14H,6-7,9-12H2,1-3H3,(H2,19,20,21)(H,22,23,24). The summed E-state index contributed by atoms with van der Waals surface area (Å²) in [7, 11) is 1.77. The van der Waals surface area contributed by atoms with Crippen LogP contribution in [0.2, 0.25) is 0 Å². The molecule has 2 aromatic rings. The first-order valence-electron chi connectivity index (χ1n) is 9.39. The molecule has 9 heteroatoms. The fourth-order valence-corrected chi connectivity index (χ4v) is 3.18. The van der Waals surface area contributed by atoms with Crippen molar-refractivity contribution in [2.24, 2.45) is 10.9 Å². The number of ether oxygens (including phenoxy) is 1. The first-order valence-corrected chi connectivity index (χ1v) is 9.39. The van der Waals surface area contributed by atoms with Crippen molar-refractivity contribution in [1.29, 1.82) is 0 Å². The Hall–Kier alpha value is -2.39. The highest BCUT2D eigenvalue weighted by molar-refractivity contribution is 5.79. The molecule has 3 rings (SSSR count). The summed E-state index contributed by atoms with van der Waals surface area (Å²) in [4.78, 5) is 11.2. The Kier molecular flexibility index (Phi) is 6.83. The van der Waals surface area contributed by atoms with Crippen molar-refractivity contribution >= 4 is 5.96 Å². The SMILES string of the molecule is CN=C(NCc1nc(-c2ccco2)n[nH]1)NCC(C(C)C)N1CCOCC1. The van der Waals surface area contributed by atoms with Crippen LogP contribution in [0.4, 0.5) is 0 Å². The number of aliphatic imine (C=N–C) groups is 1. The summed E-state index contributed by atoms with van der Waals surface area (Å²) in [6.45, 7) is 9.39. The van der Waals surface area contributed by atoms with Crippen LogP contribution >= 0.6 is 0 Å². The molecule has 1 fully saturated rings. The van der Waals surface area contributed by atoms with Gasteiger partial charge in [0.1, 0.15) is 5.82 Å².